The van der Waals surface area contributed by atoms with Crippen molar-refractivity contribution >= 4 is 38.6 Å². The first-order chi connectivity index (χ1) is 15.9. The molecule has 0 aliphatic carbocycles. The predicted molar refractivity (Wildman–Crippen MR) is 133 cm³/mol. The lowest BCUT2D eigenvalue weighted by Crippen LogP contribution is -2.33. The first-order valence-corrected chi connectivity index (χ1v) is 12.4. The second kappa shape index (κ2) is 9.99. The summed E-state index contributed by atoms with van der Waals surface area (Å²) < 4.78 is 26.6. The fourth-order valence-electron chi connectivity index (χ4n) is 3.89. The smallest absolute Gasteiger partial charge is 0.152 e. The molecule has 0 radical (unpaired) electrons. The highest BCUT2D eigenvalue weighted by Crippen LogP contribution is 2.30. The average Bonchev–Trinajstić information content (AvgIpc) is 3.16. The molecule has 0 spiro atoms. The van der Waals surface area contributed by atoms with Crippen molar-refractivity contribution in [3.05, 3.63) is 60.4 Å². The number of nitrogen functional groups attached to an aromatic ring is 1. The summed E-state index contributed by atoms with van der Waals surface area (Å²) in [5, 5.41) is 0.984. The van der Waals surface area contributed by atoms with E-state index in [0.717, 1.165) is 27.1 Å². The monoisotopic (exact) mass is 466 g/mol. The molecule has 0 amide bonds. The highest BCUT2D eigenvalue weighted by molar-refractivity contribution is 7.85. The fourth-order valence-corrected chi connectivity index (χ4v) is 4.82. The van der Waals surface area contributed by atoms with Crippen LogP contribution in [-0.2, 0) is 33.4 Å². The zero-order valence-corrected chi connectivity index (χ0v) is 20.1. The molecule has 0 aliphatic rings. The van der Waals surface area contributed by atoms with Gasteiger partial charge in [0.15, 0.2) is 5.82 Å². The van der Waals surface area contributed by atoms with Gasteiger partial charge in [0.2, 0.25) is 0 Å². The number of imidazole rings is 1. The van der Waals surface area contributed by atoms with Gasteiger partial charge in [0.1, 0.15) is 17.9 Å². The molecule has 4 rings (SSSR count). The highest BCUT2D eigenvalue weighted by Gasteiger charge is 2.25. The highest BCUT2D eigenvalue weighted by atomic mass is 32.2. The molecule has 2 N–H and O–H groups in total. The number of aromatic nitrogens is 3. The zero-order valence-electron chi connectivity index (χ0n) is 19.3. The molecule has 2 heterocycles. The van der Waals surface area contributed by atoms with E-state index < -0.39 is 16.4 Å². The van der Waals surface area contributed by atoms with Gasteiger partial charge in [0, 0.05) is 16.9 Å². The lowest BCUT2D eigenvalue weighted by atomic mass is 10.1. The Bertz CT molecular complexity index is 1270. The standard InChI is InChI=1S/C25H30N4O3S/c1-4-31-16-21-28-22-23(19-12-8-9-13-20(19)27-24(22)26)29(21)17-25(2,3)32-14-15-33(30)18-10-6-5-7-11-18/h5-13H,4,14-17H2,1-3H3,(H2,26,27). The minimum absolute atomic E-state index is 0.368. The van der Waals surface area contributed by atoms with Gasteiger partial charge in [0.25, 0.3) is 0 Å². The summed E-state index contributed by atoms with van der Waals surface area (Å²) in [6.07, 6.45) is 0. The largest absolute Gasteiger partial charge is 0.382 e. The third kappa shape index (κ3) is 5.24. The van der Waals surface area contributed by atoms with Gasteiger partial charge in [-0.25, -0.2) is 9.97 Å². The van der Waals surface area contributed by atoms with E-state index in [4.69, 9.17) is 20.2 Å². The Hall–Kier alpha value is -2.81. The summed E-state index contributed by atoms with van der Waals surface area (Å²) in [6.45, 7) is 7.89. The predicted octanol–water partition coefficient (Wildman–Crippen LogP) is 4.31. The summed E-state index contributed by atoms with van der Waals surface area (Å²) in [7, 11) is -1.10. The number of anilines is 1. The maximum atomic E-state index is 12.6. The first kappa shape index (κ1) is 23.4. The van der Waals surface area contributed by atoms with Crippen molar-refractivity contribution in [2.24, 2.45) is 0 Å². The van der Waals surface area contributed by atoms with Crippen LogP contribution < -0.4 is 5.73 Å². The second-order valence-corrected chi connectivity index (χ2v) is 10.0. The SMILES string of the molecule is CCOCc1nc2c(N)nc3ccccc3c2n1CC(C)(C)OCCS(=O)c1ccccc1. The van der Waals surface area contributed by atoms with E-state index in [9.17, 15) is 4.21 Å². The van der Waals surface area contributed by atoms with Gasteiger partial charge in [-0.1, -0.05) is 36.4 Å². The number of hydrogen-bond acceptors (Lipinski definition) is 6. The summed E-state index contributed by atoms with van der Waals surface area (Å²) in [5.74, 6) is 1.61. The number of fused-ring (bicyclic) bond motifs is 3. The van der Waals surface area contributed by atoms with Crippen LogP contribution in [-0.4, -0.2) is 43.3 Å². The second-order valence-electron chi connectivity index (χ2n) is 8.43. The number of hydrogen-bond donors (Lipinski definition) is 1. The van der Waals surface area contributed by atoms with E-state index >= 15 is 0 Å². The fraction of sp³-hybridized carbons (Fsp3) is 0.360. The minimum Gasteiger partial charge on any atom is -0.382 e. The van der Waals surface area contributed by atoms with E-state index in [0.29, 0.717) is 43.5 Å². The molecule has 1 atom stereocenters. The van der Waals surface area contributed by atoms with Crippen molar-refractivity contribution in [3.8, 4) is 0 Å². The summed E-state index contributed by atoms with van der Waals surface area (Å²) in [5.41, 5.74) is 8.16. The van der Waals surface area contributed by atoms with E-state index in [1.54, 1.807) is 0 Å². The molecule has 0 aliphatic heterocycles. The van der Waals surface area contributed by atoms with Crippen LogP contribution in [0.2, 0.25) is 0 Å². The molecule has 0 fully saturated rings. The quantitative estimate of drug-likeness (QED) is 0.374. The number of para-hydroxylation sites is 1. The average molecular weight is 467 g/mol. The maximum absolute atomic E-state index is 12.6. The molecular formula is C25H30N4O3S. The number of rotatable bonds is 10. The van der Waals surface area contributed by atoms with Crippen molar-refractivity contribution in [2.75, 3.05) is 24.7 Å². The molecule has 4 aromatic rings. The van der Waals surface area contributed by atoms with Gasteiger partial charge < -0.3 is 19.8 Å². The lowest BCUT2D eigenvalue weighted by Gasteiger charge is -2.27. The van der Waals surface area contributed by atoms with E-state index in [1.807, 2.05) is 75.4 Å². The van der Waals surface area contributed by atoms with Crippen LogP contribution in [0.5, 0.6) is 0 Å². The van der Waals surface area contributed by atoms with Crippen molar-refractivity contribution < 1.29 is 13.7 Å². The first-order valence-electron chi connectivity index (χ1n) is 11.1. The molecule has 8 heteroatoms. The van der Waals surface area contributed by atoms with Crippen LogP contribution in [0, 0.1) is 0 Å². The Kier molecular flexibility index (Phi) is 7.07. The number of benzene rings is 2. The molecule has 7 nitrogen and oxygen atoms in total. The number of pyridine rings is 1. The van der Waals surface area contributed by atoms with Gasteiger partial charge >= 0.3 is 0 Å². The number of ether oxygens (including phenoxy) is 2. The van der Waals surface area contributed by atoms with Gasteiger partial charge in [-0.2, -0.15) is 0 Å². The molecular weight excluding hydrogens is 436 g/mol. The molecule has 0 bridgehead atoms. The lowest BCUT2D eigenvalue weighted by molar-refractivity contribution is -0.0217. The number of nitrogens with two attached hydrogens (primary N) is 1. The van der Waals surface area contributed by atoms with Crippen molar-refractivity contribution in [1.82, 2.24) is 14.5 Å². The van der Waals surface area contributed by atoms with Crippen molar-refractivity contribution in [1.29, 1.82) is 0 Å². The Morgan fingerprint density at radius 3 is 2.55 bits per heavy atom. The maximum Gasteiger partial charge on any atom is 0.152 e. The summed E-state index contributed by atoms with van der Waals surface area (Å²) in [4.78, 5) is 10.1. The Balaban J connectivity index is 1.61. The summed E-state index contributed by atoms with van der Waals surface area (Å²) in [6, 6.07) is 17.4. The van der Waals surface area contributed by atoms with Gasteiger partial charge in [0.05, 0.1) is 46.3 Å². The van der Waals surface area contributed by atoms with Crippen molar-refractivity contribution in [3.63, 3.8) is 0 Å². The molecule has 0 saturated heterocycles. The van der Waals surface area contributed by atoms with Crippen molar-refractivity contribution in [2.45, 2.75) is 44.4 Å². The molecule has 1 unspecified atom stereocenters. The molecule has 33 heavy (non-hydrogen) atoms. The van der Waals surface area contributed by atoms with Gasteiger partial charge in [-0.3, -0.25) is 4.21 Å². The van der Waals surface area contributed by atoms with Crippen LogP contribution in [0.1, 0.15) is 26.6 Å². The van der Waals surface area contributed by atoms with Crippen LogP contribution in [0.25, 0.3) is 21.9 Å². The molecule has 0 saturated carbocycles. The van der Waals surface area contributed by atoms with Gasteiger partial charge in [-0.15, -0.1) is 0 Å². The van der Waals surface area contributed by atoms with E-state index in [2.05, 4.69) is 9.55 Å². The minimum atomic E-state index is -1.10. The van der Waals surface area contributed by atoms with Gasteiger partial charge in [-0.05, 0) is 39.0 Å². The molecule has 174 valence electrons. The van der Waals surface area contributed by atoms with Crippen LogP contribution in [0.4, 0.5) is 5.82 Å². The van der Waals surface area contributed by atoms with E-state index in [1.165, 1.54) is 0 Å². The third-order valence-electron chi connectivity index (χ3n) is 5.43. The Labute approximate surface area is 196 Å². The normalized spacial score (nSPS) is 13.1. The zero-order chi connectivity index (χ0) is 23.4. The molecule has 2 aromatic heterocycles. The van der Waals surface area contributed by atoms with Crippen LogP contribution in [0.15, 0.2) is 59.5 Å². The number of nitrogens with zero attached hydrogens (tertiary/aromatic N) is 3. The van der Waals surface area contributed by atoms with E-state index in [-0.39, 0.29) is 0 Å². The summed E-state index contributed by atoms with van der Waals surface area (Å²) >= 11 is 0. The van der Waals surface area contributed by atoms with Crippen LogP contribution >= 0.6 is 0 Å². The van der Waals surface area contributed by atoms with Crippen LogP contribution in [0.3, 0.4) is 0 Å². The Morgan fingerprint density at radius 1 is 1.06 bits per heavy atom. The third-order valence-corrected chi connectivity index (χ3v) is 6.77. The topological polar surface area (TPSA) is 92.3 Å². The Morgan fingerprint density at radius 2 is 1.79 bits per heavy atom. The molecule has 2 aromatic carbocycles.